The number of fused-ring (bicyclic) bond motifs is 1. The first-order valence-electron chi connectivity index (χ1n) is 7.86. The molecule has 136 valence electrons. The number of esters is 1. The SMILES string of the molecule is COCc1cccc(C(=O)OCCN2C(=O)c3ccccc3S2(=O)=O)c1. The van der Waals surface area contributed by atoms with Crippen LogP contribution in [0.25, 0.3) is 0 Å². The minimum Gasteiger partial charge on any atom is -0.460 e. The summed E-state index contributed by atoms with van der Waals surface area (Å²) in [5, 5.41) is 0. The van der Waals surface area contributed by atoms with E-state index in [9.17, 15) is 18.0 Å². The summed E-state index contributed by atoms with van der Waals surface area (Å²) in [4.78, 5) is 24.4. The van der Waals surface area contributed by atoms with Crippen molar-refractivity contribution in [1.82, 2.24) is 4.31 Å². The molecule has 2 aromatic rings. The van der Waals surface area contributed by atoms with Crippen molar-refractivity contribution in [3.8, 4) is 0 Å². The maximum atomic E-state index is 12.4. The van der Waals surface area contributed by atoms with Gasteiger partial charge < -0.3 is 9.47 Å². The highest BCUT2D eigenvalue weighted by molar-refractivity contribution is 7.90. The summed E-state index contributed by atoms with van der Waals surface area (Å²) in [7, 11) is -2.34. The van der Waals surface area contributed by atoms with Crippen molar-refractivity contribution in [2.45, 2.75) is 11.5 Å². The lowest BCUT2D eigenvalue weighted by Crippen LogP contribution is -2.33. The van der Waals surface area contributed by atoms with Crippen LogP contribution in [0.15, 0.2) is 53.4 Å². The van der Waals surface area contributed by atoms with Gasteiger partial charge in [-0.05, 0) is 29.8 Å². The fraction of sp³-hybridized carbons (Fsp3) is 0.222. The minimum atomic E-state index is -3.90. The second kappa shape index (κ2) is 7.27. The van der Waals surface area contributed by atoms with Crippen molar-refractivity contribution in [3.05, 3.63) is 65.2 Å². The van der Waals surface area contributed by atoms with E-state index < -0.39 is 21.9 Å². The number of benzene rings is 2. The first-order valence-corrected chi connectivity index (χ1v) is 9.30. The Kier molecular flexibility index (Phi) is 5.06. The average molecular weight is 375 g/mol. The molecule has 2 aromatic carbocycles. The molecule has 0 saturated carbocycles. The number of carbonyl (C=O) groups is 2. The van der Waals surface area contributed by atoms with Crippen molar-refractivity contribution in [3.63, 3.8) is 0 Å². The van der Waals surface area contributed by atoms with E-state index in [-0.39, 0.29) is 23.6 Å². The molecule has 0 unspecified atom stereocenters. The molecule has 0 atom stereocenters. The first-order chi connectivity index (χ1) is 12.4. The normalized spacial score (nSPS) is 15.0. The molecule has 0 aliphatic carbocycles. The van der Waals surface area contributed by atoms with Gasteiger partial charge in [0.2, 0.25) is 0 Å². The van der Waals surface area contributed by atoms with Gasteiger partial charge in [0.1, 0.15) is 11.5 Å². The quantitative estimate of drug-likeness (QED) is 0.716. The molecule has 0 N–H and O–H groups in total. The fourth-order valence-corrected chi connectivity index (χ4v) is 4.26. The molecule has 26 heavy (non-hydrogen) atoms. The second-order valence-corrected chi connectivity index (χ2v) is 7.48. The van der Waals surface area contributed by atoms with E-state index in [2.05, 4.69) is 0 Å². The molecule has 1 amide bonds. The van der Waals surface area contributed by atoms with Crippen LogP contribution in [0.2, 0.25) is 0 Å². The number of carbonyl (C=O) groups excluding carboxylic acids is 2. The zero-order valence-corrected chi connectivity index (χ0v) is 14.9. The van der Waals surface area contributed by atoms with Crippen molar-refractivity contribution in [2.75, 3.05) is 20.3 Å². The molecule has 1 aliphatic heterocycles. The van der Waals surface area contributed by atoms with Gasteiger partial charge in [-0.2, -0.15) is 0 Å². The van der Waals surface area contributed by atoms with Crippen LogP contribution < -0.4 is 0 Å². The second-order valence-electron chi connectivity index (χ2n) is 5.65. The summed E-state index contributed by atoms with van der Waals surface area (Å²) in [6.07, 6.45) is 0. The van der Waals surface area contributed by atoms with Gasteiger partial charge in [0.25, 0.3) is 15.9 Å². The number of methoxy groups -OCH3 is 1. The zero-order valence-electron chi connectivity index (χ0n) is 14.0. The zero-order chi connectivity index (χ0) is 18.7. The lowest BCUT2D eigenvalue weighted by atomic mass is 10.1. The van der Waals surface area contributed by atoms with Crippen LogP contribution >= 0.6 is 0 Å². The lowest BCUT2D eigenvalue weighted by molar-refractivity contribution is 0.0477. The highest BCUT2D eigenvalue weighted by atomic mass is 32.2. The van der Waals surface area contributed by atoms with E-state index in [1.807, 2.05) is 6.07 Å². The molecular weight excluding hydrogens is 358 g/mol. The molecule has 1 aliphatic rings. The third-order valence-electron chi connectivity index (χ3n) is 3.91. The van der Waals surface area contributed by atoms with E-state index in [1.54, 1.807) is 37.4 Å². The molecule has 0 bridgehead atoms. The van der Waals surface area contributed by atoms with Gasteiger partial charge in [0.15, 0.2) is 0 Å². The molecule has 0 spiro atoms. The Morgan fingerprint density at radius 1 is 1.12 bits per heavy atom. The molecule has 0 aromatic heterocycles. The maximum Gasteiger partial charge on any atom is 0.338 e. The van der Waals surface area contributed by atoms with Gasteiger partial charge in [-0.1, -0.05) is 24.3 Å². The molecule has 7 nitrogen and oxygen atoms in total. The van der Waals surface area contributed by atoms with E-state index in [1.165, 1.54) is 12.1 Å². The first kappa shape index (κ1) is 18.1. The molecule has 0 fully saturated rings. The number of hydrogen-bond donors (Lipinski definition) is 0. The monoisotopic (exact) mass is 375 g/mol. The topological polar surface area (TPSA) is 90.0 Å². The van der Waals surface area contributed by atoms with Crippen molar-refractivity contribution >= 4 is 21.9 Å². The van der Waals surface area contributed by atoms with Crippen LogP contribution in [0.1, 0.15) is 26.3 Å². The van der Waals surface area contributed by atoms with E-state index in [0.717, 1.165) is 9.87 Å². The molecule has 0 radical (unpaired) electrons. The maximum absolute atomic E-state index is 12.4. The van der Waals surface area contributed by atoms with Crippen molar-refractivity contribution < 1.29 is 27.5 Å². The van der Waals surface area contributed by atoms with E-state index >= 15 is 0 Å². The van der Waals surface area contributed by atoms with Gasteiger partial charge in [-0.3, -0.25) is 4.79 Å². The summed E-state index contributed by atoms with van der Waals surface area (Å²) in [5.41, 5.74) is 1.28. The van der Waals surface area contributed by atoms with Gasteiger partial charge >= 0.3 is 5.97 Å². The van der Waals surface area contributed by atoms with Gasteiger partial charge in [-0.25, -0.2) is 17.5 Å². The Morgan fingerprint density at radius 2 is 1.88 bits per heavy atom. The number of rotatable bonds is 6. The number of sulfonamides is 1. The molecule has 1 heterocycles. The van der Waals surface area contributed by atoms with Crippen LogP contribution in [-0.4, -0.2) is 44.9 Å². The van der Waals surface area contributed by atoms with Crippen LogP contribution in [0.4, 0.5) is 0 Å². The summed E-state index contributed by atoms with van der Waals surface area (Å²) in [5.74, 6) is -1.21. The third-order valence-corrected chi connectivity index (χ3v) is 5.75. The minimum absolute atomic E-state index is 0.0245. The standard InChI is InChI=1S/C18H17NO6S/c1-24-12-13-5-4-6-14(11-13)18(21)25-10-9-19-17(20)15-7-2-3-8-16(15)26(19,22)23/h2-8,11H,9-10,12H2,1H3. The largest absolute Gasteiger partial charge is 0.460 e. The summed E-state index contributed by atoms with van der Waals surface area (Å²) in [6.45, 7) is -0.106. The smallest absolute Gasteiger partial charge is 0.338 e. The Balaban J connectivity index is 1.65. The van der Waals surface area contributed by atoms with Crippen LogP contribution in [0.3, 0.4) is 0 Å². The summed E-state index contributed by atoms with van der Waals surface area (Å²) >= 11 is 0. The number of nitrogens with zero attached hydrogens (tertiary/aromatic N) is 1. The number of amides is 1. The predicted octanol–water partition coefficient (Wildman–Crippen LogP) is 1.83. The van der Waals surface area contributed by atoms with Crippen molar-refractivity contribution in [1.29, 1.82) is 0 Å². The van der Waals surface area contributed by atoms with E-state index in [0.29, 0.717) is 12.2 Å². The Hall–Kier alpha value is -2.71. The van der Waals surface area contributed by atoms with Crippen LogP contribution in [0.5, 0.6) is 0 Å². The Labute approximate surface area is 151 Å². The summed E-state index contributed by atoms with van der Waals surface area (Å²) < 4.78 is 35.7. The van der Waals surface area contributed by atoms with Gasteiger partial charge in [-0.15, -0.1) is 0 Å². The highest BCUT2D eigenvalue weighted by Gasteiger charge is 2.40. The molecule has 0 saturated heterocycles. The number of hydrogen-bond acceptors (Lipinski definition) is 6. The fourth-order valence-electron chi connectivity index (χ4n) is 2.71. The van der Waals surface area contributed by atoms with Crippen molar-refractivity contribution in [2.24, 2.45) is 0 Å². The van der Waals surface area contributed by atoms with Crippen LogP contribution in [-0.2, 0) is 26.1 Å². The number of ether oxygens (including phenoxy) is 2. The van der Waals surface area contributed by atoms with Crippen LogP contribution in [0, 0.1) is 0 Å². The highest BCUT2D eigenvalue weighted by Crippen LogP contribution is 2.29. The average Bonchev–Trinajstić information content (AvgIpc) is 2.83. The molecule has 3 rings (SSSR count). The van der Waals surface area contributed by atoms with Gasteiger partial charge in [0, 0.05) is 7.11 Å². The van der Waals surface area contributed by atoms with E-state index in [4.69, 9.17) is 9.47 Å². The predicted molar refractivity (Wildman–Crippen MR) is 92.1 cm³/mol. The lowest BCUT2D eigenvalue weighted by Gasteiger charge is -2.15. The van der Waals surface area contributed by atoms with Gasteiger partial charge in [0.05, 0.1) is 24.3 Å². The third kappa shape index (κ3) is 3.33. The molecular formula is C18H17NO6S. The Morgan fingerprint density at radius 3 is 2.62 bits per heavy atom. The molecule has 8 heteroatoms. The Bertz CT molecular complexity index is 954. The summed E-state index contributed by atoms with van der Waals surface area (Å²) in [6, 6.07) is 12.7.